The molecule has 1 heterocycles. The van der Waals surface area contributed by atoms with Crippen LogP contribution in [0, 0.1) is 0 Å². The first kappa shape index (κ1) is 16.8. The molecule has 1 fully saturated rings. The van der Waals surface area contributed by atoms with Crippen LogP contribution in [-0.2, 0) is 6.54 Å². The fourth-order valence-electron chi connectivity index (χ4n) is 2.92. The van der Waals surface area contributed by atoms with Crippen molar-refractivity contribution in [3.63, 3.8) is 0 Å². The normalized spacial score (nSPS) is 17.0. The lowest BCUT2D eigenvalue weighted by Gasteiger charge is -2.33. The largest absolute Gasteiger partial charge is 0.356 e. The second-order valence-corrected chi connectivity index (χ2v) is 8.06. The Kier molecular flexibility index (Phi) is 5.67. The lowest BCUT2D eigenvalue weighted by molar-refractivity contribution is 0.416. The van der Waals surface area contributed by atoms with Crippen LogP contribution in [0.1, 0.15) is 58.4 Å². The van der Waals surface area contributed by atoms with Crippen molar-refractivity contribution >= 4 is 21.7 Å². The molecule has 0 radical (unpaired) electrons. The molecule has 0 spiro atoms. The highest BCUT2D eigenvalue weighted by atomic mass is 79.9. The highest BCUT2D eigenvalue weighted by Gasteiger charge is 2.21. The highest BCUT2D eigenvalue weighted by molar-refractivity contribution is 9.10. The zero-order valence-corrected chi connectivity index (χ0v) is 15.3. The average Bonchev–Trinajstić information content (AvgIpc) is 2.45. The summed E-state index contributed by atoms with van der Waals surface area (Å²) in [5.74, 6) is 1.13. The van der Waals surface area contributed by atoms with Crippen molar-refractivity contribution in [2.45, 2.75) is 71.0 Å². The third-order valence-electron chi connectivity index (χ3n) is 4.18. The van der Waals surface area contributed by atoms with Crippen LogP contribution in [0.25, 0.3) is 0 Å². The van der Waals surface area contributed by atoms with Crippen LogP contribution < -0.4 is 10.2 Å². The maximum absolute atomic E-state index is 4.69. The number of rotatable bonds is 4. The van der Waals surface area contributed by atoms with Gasteiger partial charge in [-0.05, 0) is 55.6 Å². The quantitative estimate of drug-likeness (QED) is 0.863. The number of anilines is 1. The predicted octanol–water partition coefficient (Wildman–Crippen LogP) is 4.50. The smallest absolute Gasteiger partial charge is 0.133 e. The van der Waals surface area contributed by atoms with Crippen LogP contribution in [0.3, 0.4) is 0 Å². The van der Waals surface area contributed by atoms with Crippen molar-refractivity contribution in [1.82, 2.24) is 10.3 Å². The Balaban J connectivity index is 2.17. The summed E-state index contributed by atoms with van der Waals surface area (Å²) in [5.41, 5.74) is 1.38. The van der Waals surface area contributed by atoms with E-state index in [-0.39, 0.29) is 5.54 Å². The van der Waals surface area contributed by atoms with Gasteiger partial charge in [0, 0.05) is 41.4 Å². The van der Waals surface area contributed by atoms with Gasteiger partial charge in [0.15, 0.2) is 0 Å². The lowest BCUT2D eigenvalue weighted by Crippen LogP contribution is -2.37. The maximum atomic E-state index is 4.69. The topological polar surface area (TPSA) is 28.2 Å². The Hall–Kier alpha value is -0.610. The Bertz CT molecular complexity index is 462. The van der Waals surface area contributed by atoms with Gasteiger partial charge in [-0.25, -0.2) is 4.98 Å². The molecule has 4 heteroatoms. The van der Waals surface area contributed by atoms with E-state index in [1.54, 1.807) is 0 Å². The third kappa shape index (κ3) is 4.96. The molecule has 0 atom stereocenters. The zero-order chi connectivity index (χ0) is 15.5. The first-order chi connectivity index (χ1) is 9.87. The van der Waals surface area contributed by atoms with Crippen molar-refractivity contribution in [3.05, 3.63) is 22.3 Å². The van der Waals surface area contributed by atoms with Crippen molar-refractivity contribution in [1.29, 1.82) is 0 Å². The first-order valence-corrected chi connectivity index (χ1v) is 8.78. The summed E-state index contributed by atoms with van der Waals surface area (Å²) in [7, 11) is 2.20. The summed E-state index contributed by atoms with van der Waals surface area (Å²) in [4.78, 5) is 7.09. The molecule has 0 aromatic carbocycles. The summed E-state index contributed by atoms with van der Waals surface area (Å²) >= 11 is 3.55. The van der Waals surface area contributed by atoms with Gasteiger partial charge in [0.25, 0.3) is 0 Å². The summed E-state index contributed by atoms with van der Waals surface area (Å²) in [5, 5.41) is 3.58. The molecule has 21 heavy (non-hydrogen) atoms. The summed E-state index contributed by atoms with van der Waals surface area (Å²) in [6.45, 7) is 7.44. The fraction of sp³-hybridized carbons (Fsp3) is 0.706. The van der Waals surface area contributed by atoms with Crippen LogP contribution in [-0.4, -0.2) is 23.6 Å². The molecule has 118 valence electrons. The highest BCUT2D eigenvalue weighted by Crippen LogP contribution is 2.28. The molecule has 3 nitrogen and oxygen atoms in total. The molecular formula is C17H28BrN3. The lowest BCUT2D eigenvalue weighted by atomic mass is 9.94. The first-order valence-electron chi connectivity index (χ1n) is 7.99. The van der Waals surface area contributed by atoms with Crippen molar-refractivity contribution in [3.8, 4) is 0 Å². The Labute approximate surface area is 137 Å². The SMILES string of the molecule is CN(c1ncc(Br)cc1CNC(C)(C)C)C1CCCCC1. The predicted molar refractivity (Wildman–Crippen MR) is 93.8 cm³/mol. The van der Waals surface area contributed by atoms with Gasteiger partial charge in [0.1, 0.15) is 5.82 Å². The van der Waals surface area contributed by atoms with Gasteiger partial charge in [-0.3, -0.25) is 0 Å². The fourth-order valence-corrected chi connectivity index (χ4v) is 3.30. The van der Waals surface area contributed by atoms with E-state index < -0.39 is 0 Å². The summed E-state index contributed by atoms with van der Waals surface area (Å²) in [6, 6.07) is 2.83. The van der Waals surface area contributed by atoms with Crippen LogP contribution in [0.5, 0.6) is 0 Å². The maximum Gasteiger partial charge on any atom is 0.133 e. The van der Waals surface area contributed by atoms with Gasteiger partial charge in [-0.15, -0.1) is 0 Å². The monoisotopic (exact) mass is 353 g/mol. The number of nitrogens with zero attached hydrogens (tertiary/aromatic N) is 2. The number of pyridine rings is 1. The van der Waals surface area contributed by atoms with Crippen molar-refractivity contribution < 1.29 is 0 Å². The van der Waals surface area contributed by atoms with E-state index in [1.165, 1.54) is 37.7 Å². The second-order valence-electron chi connectivity index (χ2n) is 7.14. The van der Waals surface area contributed by atoms with Crippen LogP contribution in [0.2, 0.25) is 0 Å². The minimum Gasteiger partial charge on any atom is -0.356 e. The molecule has 0 saturated heterocycles. The van der Waals surface area contributed by atoms with Gasteiger partial charge < -0.3 is 10.2 Å². The molecule has 0 amide bonds. The molecule has 0 aliphatic heterocycles. The zero-order valence-electron chi connectivity index (χ0n) is 13.7. The molecule has 0 bridgehead atoms. The number of hydrogen-bond donors (Lipinski definition) is 1. The molecule has 1 aliphatic carbocycles. The van der Waals surface area contributed by atoms with Crippen LogP contribution in [0.15, 0.2) is 16.7 Å². The van der Waals surface area contributed by atoms with Crippen molar-refractivity contribution in [2.24, 2.45) is 0 Å². The molecule has 1 aromatic rings. The van der Waals surface area contributed by atoms with E-state index in [4.69, 9.17) is 4.98 Å². The Morgan fingerprint density at radius 3 is 2.57 bits per heavy atom. The third-order valence-corrected chi connectivity index (χ3v) is 4.61. The molecule has 2 rings (SSSR count). The average molecular weight is 354 g/mol. The van der Waals surface area contributed by atoms with E-state index in [2.05, 4.69) is 60.0 Å². The molecule has 1 saturated carbocycles. The van der Waals surface area contributed by atoms with E-state index in [0.29, 0.717) is 6.04 Å². The van der Waals surface area contributed by atoms with Gasteiger partial charge in [-0.1, -0.05) is 19.3 Å². The minimum atomic E-state index is 0.114. The van der Waals surface area contributed by atoms with E-state index in [0.717, 1.165) is 16.8 Å². The van der Waals surface area contributed by atoms with E-state index in [9.17, 15) is 0 Å². The molecule has 1 N–H and O–H groups in total. The van der Waals surface area contributed by atoms with Gasteiger partial charge in [0.2, 0.25) is 0 Å². The van der Waals surface area contributed by atoms with Gasteiger partial charge in [0.05, 0.1) is 0 Å². The molecular weight excluding hydrogens is 326 g/mol. The molecule has 1 aliphatic rings. The van der Waals surface area contributed by atoms with Gasteiger partial charge in [-0.2, -0.15) is 0 Å². The van der Waals surface area contributed by atoms with Crippen LogP contribution >= 0.6 is 15.9 Å². The standard InChI is InChI=1S/C17H28BrN3/c1-17(2,3)20-11-13-10-14(18)12-19-16(13)21(4)15-8-6-5-7-9-15/h10,12,15,20H,5-9,11H2,1-4H3. The Morgan fingerprint density at radius 2 is 1.95 bits per heavy atom. The number of hydrogen-bond acceptors (Lipinski definition) is 3. The number of halogens is 1. The Morgan fingerprint density at radius 1 is 1.29 bits per heavy atom. The minimum absolute atomic E-state index is 0.114. The summed E-state index contributed by atoms with van der Waals surface area (Å²) in [6.07, 6.45) is 8.58. The number of nitrogens with one attached hydrogen (secondary N) is 1. The molecule has 1 aromatic heterocycles. The molecule has 0 unspecified atom stereocenters. The number of aromatic nitrogens is 1. The second kappa shape index (κ2) is 7.10. The van der Waals surface area contributed by atoms with Gasteiger partial charge >= 0.3 is 0 Å². The summed E-state index contributed by atoms with van der Waals surface area (Å²) < 4.78 is 1.05. The van der Waals surface area contributed by atoms with Crippen molar-refractivity contribution in [2.75, 3.05) is 11.9 Å². The van der Waals surface area contributed by atoms with Crippen LogP contribution in [0.4, 0.5) is 5.82 Å². The van der Waals surface area contributed by atoms with E-state index >= 15 is 0 Å². The van der Waals surface area contributed by atoms with E-state index in [1.807, 2.05) is 6.20 Å².